The fourth-order valence-electron chi connectivity index (χ4n) is 1.59. The summed E-state index contributed by atoms with van der Waals surface area (Å²) >= 11 is 0. The average molecular weight is 251 g/mol. The highest BCUT2D eigenvalue weighted by Gasteiger charge is 2.12. The van der Waals surface area contributed by atoms with Crippen LogP contribution in [0.5, 0.6) is 0 Å². The molecule has 1 rings (SSSR count). The molecule has 0 aliphatic carbocycles. The summed E-state index contributed by atoms with van der Waals surface area (Å²) in [6.45, 7) is 6.45. The minimum Gasteiger partial charge on any atom is -0.397 e. The van der Waals surface area contributed by atoms with Crippen LogP contribution in [-0.2, 0) is 16.0 Å². The Bertz CT molecular complexity index is 365. The van der Waals surface area contributed by atoms with E-state index < -0.39 is 0 Å². The molecule has 1 aromatic heterocycles. The molecule has 0 unspecified atom stereocenters. The highest BCUT2D eigenvalue weighted by atomic mass is 16.5. The largest absolute Gasteiger partial charge is 0.397 e. The number of hydrogen-bond donors (Lipinski definition) is 1. The smallest absolute Gasteiger partial charge is 0.228 e. The second-order valence-electron chi connectivity index (χ2n) is 3.93. The number of nitrogens with zero attached hydrogens (tertiary/aromatic N) is 2. The van der Waals surface area contributed by atoms with E-state index in [1.807, 2.05) is 13.8 Å². The molecular formula is C13H21N3O2. The summed E-state index contributed by atoms with van der Waals surface area (Å²) in [5.74, 6) is 0.0643. The van der Waals surface area contributed by atoms with E-state index in [4.69, 9.17) is 10.5 Å². The summed E-state index contributed by atoms with van der Waals surface area (Å²) in [5.41, 5.74) is 6.90. The SMILES string of the molecule is CCOCCN(CC)C(=O)Cc1ccc(N)cn1. The molecule has 0 spiro atoms. The van der Waals surface area contributed by atoms with Gasteiger partial charge in [-0.15, -0.1) is 0 Å². The Morgan fingerprint density at radius 3 is 2.78 bits per heavy atom. The van der Waals surface area contributed by atoms with Crippen LogP contribution in [0.1, 0.15) is 19.5 Å². The number of aromatic nitrogens is 1. The van der Waals surface area contributed by atoms with Gasteiger partial charge in [0.1, 0.15) is 0 Å². The van der Waals surface area contributed by atoms with E-state index in [0.717, 1.165) is 5.69 Å². The molecule has 5 nitrogen and oxygen atoms in total. The molecule has 100 valence electrons. The summed E-state index contributed by atoms with van der Waals surface area (Å²) < 4.78 is 5.26. The van der Waals surface area contributed by atoms with Crippen LogP contribution in [0.3, 0.4) is 0 Å². The van der Waals surface area contributed by atoms with E-state index in [1.54, 1.807) is 23.2 Å². The third-order valence-electron chi connectivity index (χ3n) is 2.62. The van der Waals surface area contributed by atoms with Crippen molar-refractivity contribution in [2.45, 2.75) is 20.3 Å². The summed E-state index contributed by atoms with van der Waals surface area (Å²) in [6.07, 6.45) is 1.87. The number of carbonyl (C=O) groups is 1. The first kappa shape index (κ1) is 14.4. The number of pyridine rings is 1. The molecular weight excluding hydrogens is 230 g/mol. The van der Waals surface area contributed by atoms with Gasteiger partial charge in [0.2, 0.25) is 5.91 Å². The molecule has 0 bridgehead atoms. The molecule has 0 aliphatic heterocycles. The van der Waals surface area contributed by atoms with Gasteiger partial charge in [-0.3, -0.25) is 9.78 Å². The number of rotatable bonds is 7. The molecule has 18 heavy (non-hydrogen) atoms. The third kappa shape index (κ3) is 4.71. The molecule has 0 radical (unpaired) electrons. The van der Waals surface area contributed by atoms with Crippen LogP contribution in [-0.4, -0.2) is 42.1 Å². The van der Waals surface area contributed by atoms with Gasteiger partial charge in [-0.1, -0.05) is 0 Å². The van der Waals surface area contributed by atoms with Crippen molar-refractivity contribution in [3.05, 3.63) is 24.0 Å². The number of ether oxygens (including phenoxy) is 1. The molecule has 2 N–H and O–H groups in total. The lowest BCUT2D eigenvalue weighted by Gasteiger charge is -2.20. The van der Waals surface area contributed by atoms with Gasteiger partial charge < -0.3 is 15.4 Å². The van der Waals surface area contributed by atoms with Gasteiger partial charge in [-0.2, -0.15) is 0 Å². The Balaban J connectivity index is 2.48. The van der Waals surface area contributed by atoms with E-state index in [-0.39, 0.29) is 5.91 Å². The number of nitrogens with two attached hydrogens (primary N) is 1. The number of carbonyl (C=O) groups excluding carboxylic acids is 1. The molecule has 1 aromatic rings. The third-order valence-corrected chi connectivity index (χ3v) is 2.62. The maximum atomic E-state index is 12.0. The van der Waals surface area contributed by atoms with Gasteiger partial charge >= 0.3 is 0 Å². The maximum absolute atomic E-state index is 12.0. The van der Waals surface area contributed by atoms with Gasteiger partial charge in [0.15, 0.2) is 0 Å². The Labute approximate surface area is 108 Å². The monoisotopic (exact) mass is 251 g/mol. The average Bonchev–Trinajstić information content (AvgIpc) is 2.37. The number of amides is 1. The number of anilines is 1. The van der Waals surface area contributed by atoms with Crippen LogP contribution in [0.15, 0.2) is 18.3 Å². The standard InChI is InChI=1S/C13H21N3O2/c1-3-16(7-8-18-4-2)13(17)9-12-6-5-11(14)10-15-12/h5-6,10H,3-4,7-9,14H2,1-2H3. The van der Waals surface area contributed by atoms with Crippen molar-refractivity contribution in [1.82, 2.24) is 9.88 Å². The number of hydrogen-bond acceptors (Lipinski definition) is 4. The van der Waals surface area contributed by atoms with Crippen molar-refractivity contribution in [2.24, 2.45) is 0 Å². The first-order valence-corrected chi connectivity index (χ1v) is 6.23. The van der Waals surface area contributed by atoms with Crippen molar-refractivity contribution in [1.29, 1.82) is 0 Å². The van der Waals surface area contributed by atoms with Crippen molar-refractivity contribution in [3.8, 4) is 0 Å². The van der Waals surface area contributed by atoms with E-state index >= 15 is 0 Å². The normalized spacial score (nSPS) is 10.3. The van der Waals surface area contributed by atoms with Crippen LogP contribution in [0, 0.1) is 0 Å². The van der Waals surface area contributed by atoms with Crippen molar-refractivity contribution >= 4 is 11.6 Å². The number of likely N-dealkylation sites (N-methyl/N-ethyl adjacent to an activating group) is 1. The van der Waals surface area contributed by atoms with E-state index in [1.165, 1.54) is 0 Å². The first-order valence-electron chi connectivity index (χ1n) is 6.23. The molecule has 1 heterocycles. The predicted molar refractivity (Wildman–Crippen MR) is 71.1 cm³/mol. The molecule has 0 saturated carbocycles. The Morgan fingerprint density at radius 2 is 2.22 bits per heavy atom. The van der Waals surface area contributed by atoms with Crippen LogP contribution in [0.2, 0.25) is 0 Å². The van der Waals surface area contributed by atoms with Gasteiger partial charge in [-0.05, 0) is 26.0 Å². The topological polar surface area (TPSA) is 68.5 Å². The molecule has 0 aromatic carbocycles. The van der Waals surface area contributed by atoms with Gasteiger partial charge in [0.05, 0.1) is 24.9 Å². The highest BCUT2D eigenvalue weighted by molar-refractivity contribution is 5.78. The maximum Gasteiger partial charge on any atom is 0.228 e. The van der Waals surface area contributed by atoms with Gasteiger partial charge in [0.25, 0.3) is 0 Å². The summed E-state index contributed by atoms with van der Waals surface area (Å²) in [5, 5.41) is 0. The Kier molecular flexibility index (Phi) is 6.14. The molecule has 0 saturated heterocycles. The van der Waals surface area contributed by atoms with Crippen molar-refractivity contribution in [3.63, 3.8) is 0 Å². The molecule has 0 atom stereocenters. The van der Waals surface area contributed by atoms with Crippen LogP contribution in [0.4, 0.5) is 5.69 Å². The van der Waals surface area contributed by atoms with Crippen LogP contribution in [0.25, 0.3) is 0 Å². The molecule has 0 aliphatic rings. The lowest BCUT2D eigenvalue weighted by atomic mass is 10.2. The van der Waals surface area contributed by atoms with Gasteiger partial charge in [-0.25, -0.2) is 0 Å². The summed E-state index contributed by atoms with van der Waals surface area (Å²) in [6, 6.07) is 3.54. The molecule has 5 heteroatoms. The lowest BCUT2D eigenvalue weighted by molar-refractivity contribution is -0.131. The van der Waals surface area contributed by atoms with E-state index in [9.17, 15) is 4.79 Å². The predicted octanol–water partition coefficient (Wildman–Crippen LogP) is 1.09. The second kappa shape index (κ2) is 7.66. The second-order valence-corrected chi connectivity index (χ2v) is 3.93. The van der Waals surface area contributed by atoms with Crippen molar-refractivity contribution in [2.75, 3.05) is 32.0 Å². The highest BCUT2D eigenvalue weighted by Crippen LogP contribution is 2.04. The molecule has 1 amide bonds. The zero-order valence-corrected chi connectivity index (χ0v) is 11.1. The fraction of sp³-hybridized carbons (Fsp3) is 0.538. The quantitative estimate of drug-likeness (QED) is 0.737. The van der Waals surface area contributed by atoms with E-state index in [0.29, 0.717) is 38.4 Å². The zero-order valence-electron chi connectivity index (χ0n) is 11.1. The summed E-state index contributed by atoms with van der Waals surface area (Å²) in [7, 11) is 0. The zero-order chi connectivity index (χ0) is 13.4. The minimum absolute atomic E-state index is 0.0643. The van der Waals surface area contributed by atoms with Crippen molar-refractivity contribution < 1.29 is 9.53 Å². The summed E-state index contributed by atoms with van der Waals surface area (Å²) in [4.78, 5) is 17.9. The lowest BCUT2D eigenvalue weighted by Crippen LogP contribution is -2.35. The first-order chi connectivity index (χ1) is 8.67. The van der Waals surface area contributed by atoms with E-state index in [2.05, 4.69) is 4.98 Å². The molecule has 0 fully saturated rings. The Hall–Kier alpha value is -1.62. The Morgan fingerprint density at radius 1 is 1.44 bits per heavy atom. The minimum atomic E-state index is 0.0643. The van der Waals surface area contributed by atoms with Crippen LogP contribution < -0.4 is 5.73 Å². The fourth-order valence-corrected chi connectivity index (χ4v) is 1.59. The number of nitrogen functional groups attached to an aromatic ring is 1. The van der Waals surface area contributed by atoms with Crippen LogP contribution >= 0.6 is 0 Å². The van der Waals surface area contributed by atoms with Gasteiger partial charge in [0, 0.05) is 25.4 Å².